The van der Waals surface area contributed by atoms with E-state index in [-0.39, 0.29) is 5.75 Å². The van der Waals surface area contributed by atoms with E-state index in [1.807, 2.05) is 20.0 Å². The van der Waals surface area contributed by atoms with Gasteiger partial charge in [-0.25, -0.2) is 4.39 Å². The molecule has 0 atom stereocenters. The summed E-state index contributed by atoms with van der Waals surface area (Å²) in [6.07, 6.45) is 3.40. The average Bonchev–Trinajstić information content (AvgIpc) is 2.89. The van der Waals surface area contributed by atoms with E-state index >= 15 is 0 Å². The molecule has 6 heteroatoms. The highest BCUT2D eigenvalue weighted by molar-refractivity contribution is 9.10. The van der Waals surface area contributed by atoms with Crippen molar-refractivity contribution in [1.29, 1.82) is 0 Å². The number of benzene rings is 1. The number of aromatic amines is 1. The number of H-pyrrole nitrogens is 1. The van der Waals surface area contributed by atoms with E-state index in [4.69, 9.17) is 4.74 Å². The summed E-state index contributed by atoms with van der Waals surface area (Å²) in [5, 5.41) is 0.911. The summed E-state index contributed by atoms with van der Waals surface area (Å²) in [7, 11) is 0. The predicted molar refractivity (Wildman–Crippen MR) is 84.1 cm³/mol. The SMILES string of the molecule is CCOc1cc2c(CCN(C=O)CC)c[nH]c2c(Br)c1F. The highest BCUT2D eigenvalue weighted by Crippen LogP contribution is 2.35. The van der Waals surface area contributed by atoms with Crippen molar-refractivity contribution < 1.29 is 13.9 Å². The standard InChI is InChI=1S/C15H18BrFN2O2/c1-3-19(9-20)6-5-10-8-18-15-11(10)7-12(21-4-2)14(17)13(15)16/h7-9,18H,3-6H2,1-2H3. The second-order valence-corrected chi connectivity index (χ2v) is 5.45. The van der Waals surface area contributed by atoms with Gasteiger partial charge in [0.1, 0.15) is 0 Å². The van der Waals surface area contributed by atoms with Crippen LogP contribution in [0.4, 0.5) is 4.39 Å². The molecule has 21 heavy (non-hydrogen) atoms. The molecule has 0 fully saturated rings. The second kappa shape index (κ2) is 6.93. The van der Waals surface area contributed by atoms with Crippen molar-refractivity contribution in [3.63, 3.8) is 0 Å². The quantitative estimate of drug-likeness (QED) is 0.771. The second-order valence-electron chi connectivity index (χ2n) is 4.66. The van der Waals surface area contributed by atoms with Crippen LogP contribution in [0.1, 0.15) is 19.4 Å². The number of hydrogen-bond donors (Lipinski definition) is 1. The lowest BCUT2D eigenvalue weighted by Crippen LogP contribution is -2.23. The lowest BCUT2D eigenvalue weighted by atomic mass is 10.1. The third-order valence-electron chi connectivity index (χ3n) is 3.43. The van der Waals surface area contributed by atoms with Crippen LogP contribution < -0.4 is 4.74 Å². The molecule has 0 radical (unpaired) electrons. The molecule has 1 aromatic heterocycles. The van der Waals surface area contributed by atoms with Gasteiger partial charge in [-0.1, -0.05) is 0 Å². The fourth-order valence-corrected chi connectivity index (χ4v) is 2.77. The van der Waals surface area contributed by atoms with Crippen molar-refractivity contribution in [2.75, 3.05) is 19.7 Å². The molecular formula is C15H18BrFN2O2. The maximum absolute atomic E-state index is 14.1. The average molecular weight is 357 g/mol. The lowest BCUT2D eigenvalue weighted by Gasteiger charge is -2.14. The molecule has 1 aromatic carbocycles. The Morgan fingerprint density at radius 3 is 2.86 bits per heavy atom. The van der Waals surface area contributed by atoms with E-state index in [9.17, 15) is 9.18 Å². The molecule has 0 saturated carbocycles. The number of rotatable bonds is 7. The van der Waals surface area contributed by atoms with Crippen LogP contribution in [0.15, 0.2) is 16.7 Å². The first-order valence-corrected chi connectivity index (χ1v) is 7.71. The highest BCUT2D eigenvalue weighted by atomic mass is 79.9. The number of nitrogens with one attached hydrogen (secondary N) is 1. The molecule has 0 aliphatic rings. The number of carbonyl (C=O) groups is 1. The minimum atomic E-state index is -0.402. The van der Waals surface area contributed by atoms with Crippen LogP contribution >= 0.6 is 15.9 Å². The first kappa shape index (κ1) is 15.8. The van der Waals surface area contributed by atoms with E-state index in [1.54, 1.807) is 11.0 Å². The molecule has 4 nitrogen and oxygen atoms in total. The van der Waals surface area contributed by atoms with Crippen molar-refractivity contribution in [3.8, 4) is 5.75 Å². The van der Waals surface area contributed by atoms with Gasteiger partial charge in [0.25, 0.3) is 0 Å². The minimum Gasteiger partial charge on any atom is -0.491 e. The van der Waals surface area contributed by atoms with Gasteiger partial charge in [0.2, 0.25) is 6.41 Å². The van der Waals surface area contributed by atoms with E-state index in [0.29, 0.717) is 36.1 Å². The van der Waals surface area contributed by atoms with Gasteiger partial charge in [-0.15, -0.1) is 0 Å². The van der Waals surface area contributed by atoms with E-state index < -0.39 is 5.82 Å². The Kier molecular flexibility index (Phi) is 5.22. The summed E-state index contributed by atoms with van der Waals surface area (Å²) in [6.45, 7) is 5.46. The maximum Gasteiger partial charge on any atom is 0.209 e. The number of fused-ring (bicyclic) bond motifs is 1. The Labute approximate surface area is 131 Å². The van der Waals surface area contributed by atoms with Crippen molar-refractivity contribution in [2.24, 2.45) is 0 Å². The monoisotopic (exact) mass is 356 g/mol. The summed E-state index contributed by atoms with van der Waals surface area (Å²) in [4.78, 5) is 15.6. The normalized spacial score (nSPS) is 10.9. The number of aromatic nitrogens is 1. The van der Waals surface area contributed by atoms with Gasteiger partial charge in [0.15, 0.2) is 11.6 Å². The Morgan fingerprint density at radius 1 is 1.48 bits per heavy atom. The number of likely N-dealkylation sites (N-methyl/N-ethyl adjacent to an activating group) is 1. The van der Waals surface area contributed by atoms with Crippen LogP contribution in [0, 0.1) is 5.82 Å². The van der Waals surface area contributed by atoms with Gasteiger partial charge >= 0.3 is 0 Å². The van der Waals surface area contributed by atoms with Crippen molar-refractivity contribution in [1.82, 2.24) is 9.88 Å². The van der Waals surface area contributed by atoms with E-state index in [1.165, 1.54) is 0 Å². The molecule has 114 valence electrons. The van der Waals surface area contributed by atoms with Crippen LogP contribution in [0.2, 0.25) is 0 Å². The van der Waals surface area contributed by atoms with Crippen molar-refractivity contribution in [2.45, 2.75) is 20.3 Å². The first-order chi connectivity index (χ1) is 10.1. The fourth-order valence-electron chi connectivity index (χ4n) is 2.25. The van der Waals surface area contributed by atoms with Crippen LogP contribution in [-0.4, -0.2) is 36.0 Å². The van der Waals surface area contributed by atoms with Gasteiger partial charge < -0.3 is 14.6 Å². The zero-order valence-electron chi connectivity index (χ0n) is 12.1. The number of nitrogens with zero attached hydrogens (tertiary/aromatic N) is 1. The third-order valence-corrected chi connectivity index (χ3v) is 4.18. The van der Waals surface area contributed by atoms with Gasteiger partial charge in [0, 0.05) is 24.7 Å². The molecule has 1 amide bonds. The van der Waals surface area contributed by atoms with E-state index in [0.717, 1.165) is 17.4 Å². The number of carbonyl (C=O) groups excluding carboxylic acids is 1. The first-order valence-electron chi connectivity index (χ1n) is 6.92. The molecule has 0 spiro atoms. The maximum atomic E-state index is 14.1. The van der Waals surface area contributed by atoms with Crippen LogP contribution in [0.3, 0.4) is 0 Å². The summed E-state index contributed by atoms with van der Waals surface area (Å²) in [5.74, 6) is -0.165. The smallest absolute Gasteiger partial charge is 0.209 e. The van der Waals surface area contributed by atoms with Crippen molar-refractivity contribution in [3.05, 3.63) is 28.1 Å². The molecule has 2 rings (SSSR count). The van der Waals surface area contributed by atoms with E-state index in [2.05, 4.69) is 20.9 Å². The molecule has 1 N–H and O–H groups in total. The van der Waals surface area contributed by atoms with Crippen LogP contribution in [0.25, 0.3) is 10.9 Å². The van der Waals surface area contributed by atoms with Gasteiger partial charge in [-0.2, -0.15) is 0 Å². The van der Waals surface area contributed by atoms with Crippen LogP contribution in [0.5, 0.6) is 5.75 Å². The summed E-state index contributed by atoms with van der Waals surface area (Å²) >= 11 is 3.27. The molecule has 0 saturated heterocycles. The fraction of sp³-hybridized carbons (Fsp3) is 0.400. The minimum absolute atomic E-state index is 0.237. The van der Waals surface area contributed by atoms with Gasteiger partial charge in [0.05, 0.1) is 16.6 Å². The molecule has 0 aliphatic heterocycles. The molecule has 0 unspecified atom stereocenters. The van der Waals surface area contributed by atoms with Crippen molar-refractivity contribution >= 4 is 33.2 Å². The lowest BCUT2D eigenvalue weighted by molar-refractivity contribution is -0.117. The Morgan fingerprint density at radius 2 is 2.24 bits per heavy atom. The predicted octanol–water partition coefficient (Wildman–Crippen LogP) is 3.49. The Balaban J connectivity index is 2.35. The highest BCUT2D eigenvalue weighted by Gasteiger charge is 2.16. The molecule has 1 heterocycles. The number of ether oxygens (including phenoxy) is 1. The topological polar surface area (TPSA) is 45.3 Å². The summed E-state index contributed by atoms with van der Waals surface area (Å²) in [5.41, 5.74) is 1.74. The van der Waals surface area contributed by atoms with Crippen LogP contribution in [-0.2, 0) is 11.2 Å². The zero-order valence-corrected chi connectivity index (χ0v) is 13.7. The zero-order chi connectivity index (χ0) is 15.4. The van der Waals surface area contributed by atoms with Gasteiger partial charge in [-0.05, 0) is 47.8 Å². The molecule has 2 aromatic rings. The van der Waals surface area contributed by atoms with Gasteiger partial charge in [-0.3, -0.25) is 4.79 Å². The number of halogens is 2. The number of hydrogen-bond acceptors (Lipinski definition) is 2. The number of amides is 1. The largest absolute Gasteiger partial charge is 0.491 e. The summed E-state index contributed by atoms with van der Waals surface area (Å²) in [6, 6.07) is 1.71. The third kappa shape index (κ3) is 3.20. The molecular weight excluding hydrogens is 339 g/mol. The Hall–Kier alpha value is -1.56. The molecule has 0 aliphatic carbocycles. The molecule has 0 bridgehead atoms. The Bertz CT molecular complexity index is 642. The summed E-state index contributed by atoms with van der Waals surface area (Å²) < 4.78 is 19.8.